The van der Waals surface area contributed by atoms with Crippen molar-refractivity contribution in [3.05, 3.63) is 59.7 Å². The van der Waals surface area contributed by atoms with Crippen LogP contribution < -0.4 is 5.73 Å². The van der Waals surface area contributed by atoms with Gasteiger partial charge in [-0.3, -0.25) is 0 Å². The molecular weight excluding hydrogens is 260 g/mol. The number of hydrogen-bond donors (Lipinski definition) is 1. The molecule has 0 aliphatic carbocycles. The molecule has 3 heteroatoms. The smallest absolute Gasteiger partial charge is 0.230 e. The Hall–Kier alpha value is -2.55. The van der Waals surface area contributed by atoms with E-state index in [-0.39, 0.29) is 0 Å². The molecular formula is C18H18N2O. The first-order chi connectivity index (χ1) is 10.2. The Labute approximate surface area is 124 Å². The SMILES string of the molecule is CCc1ccccc1-c1noc(N)c1-c1cccc(C)c1. The van der Waals surface area contributed by atoms with Gasteiger partial charge in [0, 0.05) is 5.56 Å². The van der Waals surface area contributed by atoms with E-state index in [0.29, 0.717) is 5.88 Å². The predicted octanol–water partition coefficient (Wildman–Crippen LogP) is 4.46. The van der Waals surface area contributed by atoms with Gasteiger partial charge in [0.2, 0.25) is 5.88 Å². The third-order valence-electron chi connectivity index (χ3n) is 3.68. The van der Waals surface area contributed by atoms with Gasteiger partial charge < -0.3 is 10.3 Å². The van der Waals surface area contributed by atoms with Crippen LogP contribution in [0.25, 0.3) is 22.4 Å². The third kappa shape index (κ3) is 2.42. The molecule has 0 fully saturated rings. The standard InChI is InChI=1S/C18H18N2O/c1-3-13-8-4-5-10-15(13)17-16(18(19)21-20-17)14-9-6-7-12(2)11-14/h4-11H,3,19H2,1-2H3. The van der Waals surface area contributed by atoms with Gasteiger partial charge in [-0.15, -0.1) is 0 Å². The van der Waals surface area contributed by atoms with Gasteiger partial charge in [0.1, 0.15) is 5.69 Å². The molecule has 1 heterocycles. The average molecular weight is 278 g/mol. The van der Waals surface area contributed by atoms with Crippen molar-refractivity contribution in [2.45, 2.75) is 20.3 Å². The lowest BCUT2D eigenvalue weighted by Crippen LogP contribution is -1.91. The van der Waals surface area contributed by atoms with Gasteiger partial charge in [-0.2, -0.15) is 0 Å². The number of aromatic nitrogens is 1. The molecule has 0 saturated heterocycles. The number of nitrogens with zero attached hydrogens (tertiary/aromatic N) is 1. The van der Waals surface area contributed by atoms with Crippen molar-refractivity contribution in [2.24, 2.45) is 0 Å². The normalized spacial score (nSPS) is 10.8. The molecule has 2 aromatic carbocycles. The van der Waals surface area contributed by atoms with Crippen molar-refractivity contribution in [3.63, 3.8) is 0 Å². The highest BCUT2D eigenvalue weighted by molar-refractivity contribution is 5.87. The predicted molar refractivity (Wildman–Crippen MR) is 85.9 cm³/mol. The Bertz CT molecular complexity index is 774. The van der Waals surface area contributed by atoms with E-state index >= 15 is 0 Å². The molecule has 0 radical (unpaired) electrons. The molecule has 0 aliphatic heterocycles. The zero-order chi connectivity index (χ0) is 14.8. The molecule has 0 amide bonds. The summed E-state index contributed by atoms with van der Waals surface area (Å²) in [6, 6.07) is 16.4. The van der Waals surface area contributed by atoms with Crippen LogP contribution in [0.4, 0.5) is 5.88 Å². The second-order valence-electron chi connectivity index (χ2n) is 5.15. The fraction of sp³-hybridized carbons (Fsp3) is 0.167. The average Bonchev–Trinajstić information content (AvgIpc) is 2.88. The first-order valence-electron chi connectivity index (χ1n) is 7.11. The van der Waals surface area contributed by atoms with E-state index in [1.807, 2.05) is 24.3 Å². The summed E-state index contributed by atoms with van der Waals surface area (Å²) in [7, 11) is 0. The van der Waals surface area contributed by atoms with Crippen molar-refractivity contribution in [2.75, 3.05) is 5.73 Å². The highest BCUT2D eigenvalue weighted by atomic mass is 16.5. The first-order valence-corrected chi connectivity index (χ1v) is 7.11. The van der Waals surface area contributed by atoms with Crippen LogP contribution in [-0.2, 0) is 6.42 Å². The maximum absolute atomic E-state index is 6.02. The molecule has 1 aromatic heterocycles. The second kappa shape index (κ2) is 5.44. The maximum Gasteiger partial charge on any atom is 0.230 e. The second-order valence-corrected chi connectivity index (χ2v) is 5.15. The number of benzene rings is 2. The van der Waals surface area contributed by atoms with E-state index in [9.17, 15) is 0 Å². The van der Waals surface area contributed by atoms with Gasteiger partial charge in [0.25, 0.3) is 0 Å². The summed E-state index contributed by atoms with van der Waals surface area (Å²) in [4.78, 5) is 0. The summed E-state index contributed by atoms with van der Waals surface area (Å²) in [5, 5.41) is 4.20. The maximum atomic E-state index is 6.02. The lowest BCUT2D eigenvalue weighted by Gasteiger charge is -2.07. The lowest BCUT2D eigenvalue weighted by atomic mass is 9.96. The summed E-state index contributed by atoms with van der Waals surface area (Å²) in [5.41, 5.74) is 12.2. The fourth-order valence-corrected chi connectivity index (χ4v) is 2.63. The fourth-order valence-electron chi connectivity index (χ4n) is 2.63. The van der Waals surface area contributed by atoms with E-state index in [0.717, 1.165) is 28.8 Å². The number of anilines is 1. The summed E-state index contributed by atoms with van der Waals surface area (Å²) in [6.45, 7) is 4.20. The molecule has 2 N–H and O–H groups in total. The minimum Gasteiger partial charge on any atom is -0.367 e. The summed E-state index contributed by atoms with van der Waals surface area (Å²) >= 11 is 0. The molecule has 0 atom stereocenters. The largest absolute Gasteiger partial charge is 0.367 e. The van der Waals surface area contributed by atoms with Crippen molar-refractivity contribution < 1.29 is 4.52 Å². The minimum atomic E-state index is 0.363. The summed E-state index contributed by atoms with van der Waals surface area (Å²) < 4.78 is 5.27. The highest BCUT2D eigenvalue weighted by Gasteiger charge is 2.19. The molecule has 3 rings (SSSR count). The van der Waals surface area contributed by atoms with Gasteiger partial charge in [-0.05, 0) is 24.5 Å². The topological polar surface area (TPSA) is 52.0 Å². The molecule has 106 valence electrons. The molecule has 0 saturated carbocycles. The quantitative estimate of drug-likeness (QED) is 0.769. The zero-order valence-corrected chi connectivity index (χ0v) is 12.3. The number of nitrogens with two attached hydrogens (primary N) is 1. The Morgan fingerprint density at radius 2 is 1.90 bits per heavy atom. The van der Waals surface area contributed by atoms with Crippen LogP contribution in [0.15, 0.2) is 53.1 Å². The Kier molecular flexibility index (Phi) is 3.48. The molecule has 0 bridgehead atoms. The summed E-state index contributed by atoms with van der Waals surface area (Å²) in [6.07, 6.45) is 0.941. The van der Waals surface area contributed by atoms with Crippen LogP contribution >= 0.6 is 0 Å². The molecule has 0 unspecified atom stereocenters. The van der Waals surface area contributed by atoms with Crippen LogP contribution in [0.2, 0.25) is 0 Å². The van der Waals surface area contributed by atoms with Gasteiger partial charge in [-0.25, -0.2) is 0 Å². The first kappa shape index (κ1) is 13.4. The van der Waals surface area contributed by atoms with Gasteiger partial charge in [0.15, 0.2) is 0 Å². The number of hydrogen-bond acceptors (Lipinski definition) is 3. The Morgan fingerprint density at radius 3 is 2.67 bits per heavy atom. The number of rotatable bonds is 3. The van der Waals surface area contributed by atoms with Gasteiger partial charge in [-0.1, -0.05) is 66.2 Å². The van der Waals surface area contributed by atoms with E-state index in [1.165, 1.54) is 11.1 Å². The number of aryl methyl sites for hydroxylation is 2. The monoisotopic (exact) mass is 278 g/mol. The summed E-state index contributed by atoms with van der Waals surface area (Å²) in [5.74, 6) is 0.363. The van der Waals surface area contributed by atoms with Crippen molar-refractivity contribution in [1.29, 1.82) is 0 Å². The van der Waals surface area contributed by atoms with E-state index in [4.69, 9.17) is 10.3 Å². The van der Waals surface area contributed by atoms with Crippen molar-refractivity contribution in [3.8, 4) is 22.4 Å². The third-order valence-corrected chi connectivity index (χ3v) is 3.68. The van der Waals surface area contributed by atoms with Crippen LogP contribution in [0.1, 0.15) is 18.1 Å². The molecule has 0 spiro atoms. The zero-order valence-electron chi connectivity index (χ0n) is 12.3. The molecule has 21 heavy (non-hydrogen) atoms. The van der Waals surface area contributed by atoms with Crippen LogP contribution in [0.5, 0.6) is 0 Å². The van der Waals surface area contributed by atoms with Crippen molar-refractivity contribution in [1.82, 2.24) is 5.16 Å². The van der Waals surface area contributed by atoms with Gasteiger partial charge in [0.05, 0.1) is 5.56 Å². The van der Waals surface area contributed by atoms with Crippen molar-refractivity contribution >= 4 is 5.88 Å². The van der Waals surface area contributed by atoms with Crippen LogP contribution in [0.3, 0.4) is 0 Å². The minimum absolute atomic E-state index is 0.363. The highest BCUT2D eigenvalue weighted by Crippen LogP contribution is 2.37. The van der Waals surface area contributed by atoms with E-state index in [2.05, 4.69) is 43.3 Å². The van der Waals surface area contributed by atoms with Crippen LogP contribution in [-0.4, -0.2) is 5.16 Å². The molecule has 0 aliphatic rings. The van der Waals surface area contributed by atoms with Crippen LogP contribution in [0, 0.1) is 6.92 Å². The van der Waals surface area contributed by atoms with Gasteiger partial charge >= 0.3 is 0 Å². The molecule has 3 aromatic rings. The lowest BCUT2D eigenvalue weighted by molar-refractivity contribution is 0.439. The Balaban J connectivity index is 2.22. The van der Waals surface area contributed by atoms with E-state index in [1.54, 1.807) is 0 Å². The Morgan fingerprint density at radius 1 is 1.10 bits per heavy atom. The number of nitrogen functional groups attached to an aromatic ring is 1. The van der Waals surface area contributed by atoms with E-state index < -0.39 is 0 Å². The molecule has 3 nitrogen and oxygen atoms in total.